The molecule has 0 unspecified atom stereocenters. The van der Waals surface area contributed by atoms with Crippen LogP contribution in [0, 0.1) is 12.3 Å². The average Bonchev–Trinajstić information content (AvgIpc) is 3.36. The number of anilines is 1. The van der Waals surface area contributed by atoms with E-state index in [0.29, 0.717) is 33.3 Å². The van der Waals surface area contributed by atoms with E-state index >= 15 is 0 Å². The molecule has 0 aliphatic heterocycles. The summed E-state index contributed by atoms with van der Waals surface area (Å²) in [5.74, 6) is -0.170. The molecule has 0 radical (unpaired) electrons. The lowest BCUT2D eigenvalue weighted by Gasteiger charge is -2.16. The number of hydrogen-bond donors (Lipinski definition) is 4. The summed E-state index contributed by atoms with van der Waals surface area (Å²) in [5, 5.41) is 13.5. The lowest BCUT2D eigenvalue weighted by molar-refractivity contribution is 0.252. The highest BCUT2D eigenvalue weighted by Gasteiger charge is 2.25. The van der Waals surface area contributed by atoms with Crippen LogP contribution in [-0.4, -0.2) is 33.1 Å². The van der Waals surface area contributed by atoms with Crippen LogP contribution in [0.15, 0.2) is 91.3 Å². The van der Waals surface area contributed by atoms with Crippen molar-refractivity contribution in [2.24, 2.45) is 5.73 Å². The van der Waals surface area contributed by atoms with Gasteiger partial charge in [0.05, 0.1) is 24.6 Å². The number of urea groups is 1. The summed E-state index contributed by atoms with van der Waals surface area (Å²) in [6, 6.07) is 21.3. The van der Waals surface area contributed by atoms with Gasteiger partial charge in [-0.25, -0.2) is 13.2 Å². The first kappa shape index (κ1) is 28.9. The zero-order chi connectivity index (χ0) is 28.2. The quantitative estimate of drug-likeness (QED) is 0.0919. The van der Waals surface area contributed by atoms with Crippen LogP contribution in [0.25, 0.3) is 11.1 Å². The summed E-state index contributed by atoms with van der Waals surface area (Å²) in [6.45, 7) is 2.37. The molecule has 4 aromatic rings. The molecule has 1 heterocycles. The predicted octanol–water partition coefficient (Wildman–Crippen LogP) is 6.69. The van der Waals surface area contributed by atoms with Gasteiger partial charge in [0.25, 0.3) is 0 Å². The van der Waals surface area contributed by atoms with Crippen molar-refractivity contribution in [3.63, 3.8) is 0 Å². The van der Waals surface area contributed by atoms with Crippen LogP contribution in [0.1, 0.15) is 16.0 Å². The summed E-state index contributed by atoms with van der Waals surface area (Å²) < 4.78 is 28.8. The Bertz CT molecular complexity index is 1630. The lowest BCUT2D eigenvalue weighted by Crippen LogP contribution is -2.30. The molecule has 2 amide bonds. The fourth-order valence-electron chi connectivity index (χ4n) is 4.06. The molecule has 0 saturated carbocycles. The maximum atomic E-state index is 13.6. The molecule has 7 nitrogen and oxygen atoms in total. The number of amidine groups is 1. The second-order valence-corrected chi connectivity index (χ2v) is 13.6. The van der Waals surface area contributed by atoms with Gasteiger partial charge < -0.3 is 16.4 Å². The third-order valence-corrected chi connectivity index (χ3v) is 10.8. The zero-order valence-corrected chi connectivity index (χ0v) is 25.3. The number of nitrogens with two attached hydrogens (primary N) is 1. The number of benzene rings is 3. The van der Waals surface area contributed by atoms with Gasteiger partial charge in [-0.05, 0) is 72.7 Å². The van der Waals surface area contributed by atoms with Gasteiger partial charge in [0.1, 0.15) is 5.84 Å². The number of hydrogen-bond acceptors (Lipinski definition) is 6. The van der Waals surface area contributed by atoms with E-state index in [4.69, 9.17) is 11.1 Å². The first-order valence-electron chi connectivity index (χ1n) is 11.9. The Morgan fingerprint density at radius 2 is 1.79 bits per heavy atom. The topological polar surface area (TPSA) is 125 Å². The van der Waals surface area contributed by atoms with E-state index in [1.807, 2.05) is 49.4 Å². The Kier molecular flexibility index (Phi) is 9.16. The monoisotopic (exact) mass is 642 g/mol. The largest absolute Gasteiger partial charge is 0.383 e. The molecule has 0 aliphatic rings. The van der Waals surface area contributed by atoms with Crippen molar-refractivity contribution in [3.05, 3.63) is 93.3 Å². The van der Waals surface area contributed by atoms with Crippen molar-refractivity contribution in [2.45, 2.75) is 27.3 Å². The minimum atomic E-state index is -3.88. The molecule has 0 fully saturated rings. The zero-order valence-electron chi connectivity index (χ0n) is 21.2. The molecule has 11 heteroatoms. The first-order chi connectivity index (χ1) is 18.6. The number of rotatable bonds is 9. The van der Waals surface area contributed by atoms with Gasteiger partial charge >= 0.3 is 6.03 Å². The van der Waals surface area contributed by atoms with E-state index in [0.717, 1.165) is 21.2 Å². The highest BCUT2D eigenvalue weighted by atomic mass is 79.9. The predicted molar refractivity (Wildman–Crippen MR) is 164 cm³/mol. The number of carbonyl (C=O) groups excluding carboxylic acids is 1. The van der Waals surface area contributed by atoms with Gasteiger partial charge in [-0.1, -0.05) is 52.3 Å². The van der Waals surface area contributed by atoms with Crippen molar-refractivity contribution in [1.29, 1.82) is 5.41 Å². The van der Waals surface area contributed by atoms with Crippen LogP contribution in [0.4, 0.5) is 10.5 Å². The number of halogens is 1. The van der Waals surface area contributed by atoms with Crippen LogP contribution >= 0.6 is 39.0 Å². The summed E-state index contributed by atoms with van der Waals surface area (Å²) in [6.07, 6.45) is 2.48. The Labute approximate surface area is 244 Å². The van der Waals surface area contributed by atoms with Crippen molar-refractivity contribution < 1.29 is 13.2 Å². The Morgan fingerprint density at radius 3 is 2.49 bits per heavy atom. The third-order valence-electron chi connectivity index (χ3n) is 5.97. The molecule has 0 saturated heterocycles. The van der Waals surface area contributed by atoms with Gasteiger partial charge in [-0.15, -0.1) is 23.1 Å². The maximum absolute atomic E-state index is 13.6. The van der Waals surface area contributed by atoms with Gasteiger partial charge in [0.15, 0.2) is 0 Å². The van der Waals surface area contributed by atoms with E-state index < -0.39 is 9.84 Å². The van der Waals surface area contributed by atoms with E-state index in [1.165, 1.54) is 29.2 Å². The molecule has 0 atom stereocenters. The molecule has 1 aromatic heterocycles. The van der Waals surface area contributed by atoms with Crippen molar-refractivity contribution >= 4 is 66.4 Å². The van der Waals surface area contributed by atoms with Gasteiger partial charge in [0.2, 0.25) is 9.84 Å². The van der Waals surface area contributed by atoms with E-state index in [2.05, 4.69) is 26.6 Å². The molecular formula is C28H27BrN4O3S3. The molecule has 5 N–H and O–H groups in total. The Balaban J connectivity index is 1.59. The summed E-state index contributed by atoms with van der Waals surface area (Å²) in [5.41, 5.74) is 9.58. The SMILES string of the molecule is CSc1sc(C(=N)N)cc1S(=O)(=O)c1cccc(-c2c(C)cccc2NC(=O)NCCc2ccc(Br)cc2)c1. The van der Waals surface area contributed by atoms with Crippen molar-refractivity contribution in [3.8, 4) is 11.1 Å². The third kappa shape index (κ3) is 6.73. The van der Waals surface area contributed by atoms with Crippen LogP contribution in [0.5, 0.6) is 0 Å². The Hall–Kier alpha value is -3.12. The van der Waals surface area contributed by atoms with Crippen molar-refractivity contribution in [1.82, 2.24) is 5.32 Å². The molecule has 0 spiro atoms. The number of thioether (sulfide) groups is 1. The van der Waals surface area contributed by atoms with Gasteiger partial charge in [0, 0.05) is 16.6 Å². The number of nitrogens with one attached hydrogen (secondary N) is 3. The summed E-state index contributed by atoms with van der Waals surface area (Å²) in [4.78, 5) is 13.4. The fourth-order valence-corrected chi connectivity index (χ4v) is 8.23. The molecule has 3 aromatic carbocycles. The molecule has 4 rings (SSSR count). The molecule has 39 heavy (non-hydrogen) atoms. The Morgan fingerprint density at radius 1 is 1.08 bits per heavy atom. The highest BCUT2D eigenvalue weighted by molar-refractivity contribution is 9.10. The number of nitrogen functional groups attached to an aromatic ring is 1. The normalized spacial score (nSPS) is 11.3. The van der Waals surface area contributed by atoms with Gasteiger partial charge in [-0.2, -0.15) is 0 Å². The second-order valence-electron chi connectivity index (χ2n) is 8.67. The number of thiophene rings is 1. The molecule has 202 valence electrons. The lowest BCUT2D eigenvalue weighted by atomic mass is 9.98. The van der Waals surface area contributed by atoms with Gasteiger partial charge in [-0.3, -0.25) is 5.41 Å². The van der Waals surface area contributed by atoms with Crippen LogP contribution in [0.3, 0.4) is 0 Å². The van der Waals surface area contributed by atoms with Crippen LogP contribution < -0.4 is 16.4 Å². The van der Waals surface area contributed by atoms with Crippen molar-refractivity contribution in [2.75, 3.05) is 18.1 Å². The molecular weight excluding hydrogens is 616 g/mol. The molecule has 0 bridgehead atoms. The van der Waals surface area contributed by atoms with Crippen LogP contribution in [0.2, 0.25) is 0 Å². The summed E-state index contributed by atoms with van der Waals surface area (Å²) in [7, 11) is -3.88. The first-order valence-corrected chi connectivity index (χ1v) is 16.2. The second kappa shape index (κ2) is 12.4. The number of aryl methyl sites for hydroxylation is 1. The smallest absolute Gasteiger partial charge is 0.319 e. The fraction of sp³-hybridized carbons (Fsp3) is 0.143. The highest BCUT2D eigenvalue weighted by Crippen LogP contribution is 2.38. The van der Waals surface area contributed by atoms with E-state index in [-0.39, 0.29) is 21.7 Å². The van der Waals surface area contributed by atoms with E-state index in [9.17, 15) is 13.2 Å². The number of amides is 2. The summed E-state index contributed by atoms with van der Waals surface area (Å²) >= 11 is 5.91. The number of sulfone groups is 1. The van der Waals surface area contributed by atoms with Crippen LogP contribution in [-0.2, 0) is 16.3 Å². The number of carbonyl (C=O) groups is 1. The maximum Gasteiger partial charge on any atom is 0.319 e. The molecule has 0 aliphatic carbocycles. The minimum absolute atomic E-state index is 0.122. The standard InChI is InChI=1S/C28H27BrN4O3S3/c1-17-5-3-8-22(33-28(34)32-14-13-18-9-11-20(29)12-10-18)25(17)19-6-4-7-21(15-19)39(35,36)24-16-23(26(30)31)38-27(24)37-2/h3-12,15-16H,13-14H2,1-2H3,(H3,30,31)(H2,32,33,34). The minimum Gasteiger partial charge on any atom is -0.383 e. The van der Waals surface area contributed by atoms with E-state index in [1.54, 1.807) is 30.5 Å². The average molecular weight is 644 g/mol.